The molecule has 1 atom stereocenters. The molecule has 5 amide bonds. The van der Waals surface area contributed by atoms with Gasteiger partial charge < -0.3 is 4.42 Å². The molecule has 2 aromatic rings. The molecule has 5 rings (SSSR count). The standard InChI is InChI=1S/C24H24N4O5/c1-15-8-10-16(11-9-15)18-13-19(20-7-4-12-33-20)28(25-18)21(29)14-26-22(30)23(31)27(24(26)32)17-5-2-3-6-17/h4,7-12,17,19H,2-3,5-6,13-14H2,1H3. The number of hydrogen-bond donors (Lipinski definition) is 0. The highest BCUT2D eigenvalue weighted by Gasteiger charge is 2.49. The number of hydrogen-bond acceptors (Lipinski definition) is 6. The molecule has 1 aromatic carbocycles. The number of carbonyl (C=O) groups is 4. The average molecular weight is 448 g/mol. The Kier molecular flexibility index (Phi) is 5.32. The predicted molar refractivity (Wildman–Crippen MR) is 117 cm³/mol. The molecule has 9 nitrogen and oxygen atoms in total. The normalized spacial score (nSPS) is 21.5. The number of carbonyl (C=O) groups excluding carboxylic acids is 4. The van der Waals surface area contributed by atoms with Crippen LogP contribution in [0.3, 0.4) is 0 Å². The van der Waals surface area contributed by atoms with E-state index in [1.54, 1.807) is 12.1 Å². The van der Waals surface area contributed by atoms with Crippen LogP contribution in [0.15, 0.2) is 52.2 Å². The monoisotopic (exact) mass is 448 g/mol. The van der Waals surface area contributed by atoms with Crippen molar-refractivity contribution in [1.29, 1.82) is 0 Å². The van der Waals surface area contributed by atoms with Crippen molar-refractivity contribution in [3.8, 4) is 0 Å². The van der Waals surface area contributed by atoms with Gasteiger partial charge in [0, 0.05) is 12.5 Å². The maximum atomic E-state index is 13.3. The lowest BCUT2D eigenvalue weighted by molar-refractivity contribution is -0.145. The molecule has 3 heterocycles. The van der Waals surface area contributed by atoms with Gasteiger partial charge in [-0.2, -0.15) is 5.10 Å². The molecule has 0 bridgehead atoms. The van der Waals surface area contributed by atoms with Crippen molar-refractivity contribution >= 4 is 29.5 Å². The number of hydrazone groups is 1. The van der Waals surface area contributed by atoms with Gasteiger partial charge in [-0.05, 0) is 37.5 Å². The molecule has 9 heteroatoms. The van der Waals surface area contributed by atoms with Gasteiger partial charge in [0.1, 0.15) is 18.3 Å². The van der Waals surface area contributed by atoms with Crippen molar-refractivity contribution in [2.75, 3.05) is 6.54 Å². The van der Waals surface area contributed by atoms with Crippen molar-refractivity contribution in [2.45, 2.75) is 51.1 Å². The van der Waals surface area contributed by atoms with Gasteiger partial charge in [-0.1, -0.05) is 42.7 Å². The van der Waals surface area contributed by atoms with Crippen LogP contribution in [0, 0.1) is 6.92 Å². The van der Waals surface area contributed by atoms with Gasteiger partial charge >= 0.3 is 17.8 Å². The maximum absolute atomic E-state index is 13.3. The fourth-order valence-electron chi connectivity index (χ4n) is 4.72. The Morgan fingerprint density at radius 2 is 1.79 bits per heavy atom. The summed E-state index contributed by atoms with van der Waals surface area (Å²) in [6.45, 7) is 1.44. The molecule has 2 aliphatic heterocycles. The van der Waals surface area contributed by atoms with Gasteiger partial charge in [-0.15, -0.1) is 0 Å². The Morgan fingerprint density at radius 1 is 1.06 bits per heavy atom. The number of aryl methyl sites for hydroxylation is 1. The summed E-state index contributed by atoms with van der Waals surface area (Å²) in [5, 5.41) is 5.79. The van der Waals surface area contributed by atoms with Crippen LogP contribution < -0.4 is 0 Å². The summed E-state index contributed by atoms with van der Waals surface area (Å²) in [5.41, 5.74) is 2.69. The molecule has 33 heavy (non-hydrogen) atoms. The van der Waals surface area contributed by atoms with Crippen LogP contribution in [-0.2, 0) is 14.4 Å². The Hall–Kier alpha value is -3.75. The third-order valence-corrected chi connectivity index (χ3v) is 6.49. The van der Waals surface area contributed by atoms with E-state index in [2.05, 4.69) is 5.10 Å². The summed E-state index contributed by atoms with van der Waals surface area (Å²) in [4.78, 5) is 52.9. The lowest BCUT2D eigenvalue weighted by Crippen LogP contribution is -2.43. The summed E-state index contributed by atoms with van der Waals surface area (Å²) in [6, 6.07) is 9.80. The minimum Gasteiger partial charge on any atom is -0.467 e. The second-order valence-electron chi connectivity index (χ2n) is 8.67. The number of nitrogens with zero attached hydrogens (tertiary/aromatic N) is 4. The predicted octanol–water partition coefficient (Wildman–Crippen LogP) is 3.00. The lowest BCUT2D eigenvalue weighted by Gasteiger charge is -2.23. The lowest BCUT2D eigenvalue weighted by atomic mass is 10.0. The molecule has 1 unspecified atom stereocenters. The van der Waals surface area contributed by atoms with E-state index in [4.69, 9.17) is 4.42 Å². The Balaban J connectivity index is 1.39. The summed E-state index contributed by atoms with van der Waals surface area (Å²) in [5.74, 6) is -1.82. The van der Waals surface area contributed by atoms with E-state index < -0.39 is 36.3 Å². The molecule has 1 saturated carbocycles. The van der Waals surface area contributed by atoms with E-state index in [-0.39, 0.29) is 6.04 Å². The Morgan fingerprint density at radius 3 is 2.45 bits per heavy atom. The topological polar surface area (TPSA) is 104 Å². The highest BCUT2D eigenvalue weighted by molar-refractivity contribution is 6.45. The third kappa shape index (κ3) is 3.73. The van der Waals surface area contributed by atoms with E-state index in [0.29, 0.717) is 30.7 Å². The molecule has 0 radical (unpaired) electrons. The molecular weight excluding hydrogens is 424 g/mol. The second kappa shape index (κ2) is 8.31. The molecule has 1 aromatic heterocycles. The number of urea groups is 1. The Labute approximate surface area is 190 Å². The number of benzene rings is 1. The van der Waals surface area contributed by atoms with Crippen LogP contribution in [0.1, 0.15) is 55.0 Å². The van der Waals surface area contributed by atoms with Crippen LogP contribution in [0.25, 0.3) is 0 Å². The number of amides is 5. The highest BCUT2D eigenvalue weighted by Crippen LogP contribution is 2.34. The van der Waals surface area contributed by atoms with Crippen LogP contribution in [0.4, 0.5) is 4.79 Å². The first-order valence-electron chi connectivity index (χ1n) is 11.1. The van der Waals surface area contributed by atoms with Crippen LogP contribution in [-0.4, -0.2) is 56.9 Å². The zero-order valence-corrected chi connectivity index (χ0v) is 18.3. The van der Waals surface area contributed by atoms with Gasteiger partial charge in [0.25, 0.3) is 5.91 Å². The first-order chi connectivity index (χ1) is 15.9. The van der Waals surface area contributed by atoms with Gasteiger partial charge in [-0.3, -0.25) is 19.3 Å². The van der Waals surface area contributed by atoms with Gasteiger partial charge in [0.05, 0.1) is 12.0 Å². The minimum atomic E-state index is -0.961. The molecule has 0 N–H and O–H groups in total. The third-order valence-electron chi connectivity index (χ3n) is 6.49. The SMILES string of the molecule is Cc1ccc(C2=NN(C(=O)CN3C(=O)C(=O)N(C4CCCC4)C3=O)C(c3ccco3)C2)cc1. The molecular formula is C24H24N4O5. The maximum Gasteiger partial charge on any atom is 0.334 e. The van der Waals surface area contributed by atoms with Crippen molar-refractivity contribution in [3.05, 3.63) is 59.5 Å². The van der Waals surface area contributed by atoms with Crippen LogP contribution in [0.2, 0.25) is 0 Å². The molecule has 3 aliphatic rings. The summed E-state index contributed by atoms with van der Waals surface area (Å²) < 4.78 is 5.54. The number of imide groups is 2. The van der Waals surface area contributed by atoms with Crippen LogP contribution in [0.5, 0.6) is 0 Å². The second-order valence-corrected chi connectivity index (χ2v) is 8.67. The first kappa shape index (κ1) is 21.1. The molecule has 1 aliphatic carbocycles. The summed E-state index contributed by atoms with van der Waals surface area (Å²) >= 11 is 0. The fourth-order valence-corrected chi connectivity index (χ4v) is 4.72. The molecule has 0 spiro atoms. The van der Waals surface area contributed by atoms with E-state index >= 15 is 0 Å². The summed E-state index contributed by atoms with van der Waals surface area (Å²) in [7, 11) is 0. The zero-order valence-electron chi connectivity index (χ0n) is 18.3. The van der Waals surface area contributed by atoms with E-state index in [1.165, 1.54) is 11.3 Å². The zero-order chi connectivity index (χ0) is 23.1. The van der Waals surface area contributed by atoms with E-state index in [0.717, 1.165) is 33.8 Å². The van der Waals surface area contributed by atoms with Crippen molar-refractivity contribution in [2.24, 2.45) is 5.10 Å². The molecule has 170 valence electrons. The fraction of sp³-hybridized carbons (Fsp3) is 0.375. The average Bonchev–Trinajstić information content (AvgIpc) is 3.60. The highest BCUT2D eigenvalue weighted by atomic mass is 16.3. The molecule has 2 fully saturated rings. The Bertz CT molecular complexity index is 1130. The quantitative estimate of drug-likeness (QED) is 0.517. The first-order valence-corrected chi connectivity index (χ1v) is 11.1. The van der Waals surface area contributed by atoms with E-state index in [9.17, 15) is 19.2 Å². The number of furan rings is 1. The van der Waals surface area contributed by atoms with Gasteiger partial charge in [0.15, 0.2) is 0 Å². The van der Waals surface area contributed by atoms with Crippen molar-refractivity contribution < 1.29 is 23.6 Å². The number of rotatable bonds is 5. The van der Waals surface area contributed by atoms with Crippen LogP contribution >= 0.6 is 0 Å². The van der Waals surface area contributed by atoms with Crippen molar-refractivity contribution in [1.82, 2.24) is 14.8 Å². The van der Waals surface area contributed by atoms with Crippen molar-refractivity contribution in [3.63, 3.8) is 0 Å². The van der Waals surface area contributed by atoms with E-state index in [1.807, 2.05) is 31.2 Å². The largest absolute Gasteiger partial charge is 0.467 e. The minimum absolute atomic E-state index is 0.275. The van der Waals surface area contributed by atoms with Gasteiger partial charge in [-0.25, -0.2) is 14.7 Å². The van der Waals surface area contributed by atoms with Gasteiger partial charge in [0.2, 0.25) is 0 Å². The smallest absolute Gasteiger partial charge is 0.334 e. The summed E-state index contributed by atoms with van der Waals surface area (Å²) in [6.07, 6.45) is 5.13. The molecule has 1 saturated heterocycles.